The summed E-state index contributed by atoms with van der Waals surface area (Å²) < 4.78 is 78.7. The van der Waals surface area contributed by atoms with Crippen LogP contribution in [-0.2, 0) is 35.3 Å². The fourth-order valence-electron chi connectivity index (χ4n) is 3.55. The fourth-order valence-corrected chi connectivity index (χ4v) is 4.60. The maximum Gasteiger partial charge on any atom is 0.511 e. The molecule has 0 saturated carbocycles. The van der Waals surface area contributed by atoms with Gasteiger partial charge in [0.15, 0.2) is 11.7 Å². The summed E-state index contributed by atoms with van der Waals surface area (Å²) in [4.78, 5) is 28.4. The topological polar surface area (TPSA) is 167 Å². The molecule has 0 bridgehead atoms. The predicted octanol–water partition coefficient (Wildman–Crippen LogP) is 4.71. The number of likely N-dealkylation sites (N-methyl/N-ethyl adjacent to an activating group) is 1. The summed E-state index contributed by atoms with van der Waals surface area (Å²) in [5.41, 5.74) is 0.453. The Balaban J connectivity index is 1.73. The fraction of sp³-hybridized carbons (Fsp3) is 0.370. The molecule has 3 rings (SSSR count). The molecule has 1 unspecified atom stereocenters. The summed E-state index contributed by atoms with van der Waals surface area (Å²) in [6.45, 7) is 7.46. The molecule has 2 aromatic carbocycles. The van der Waals surface area contributed by atoms with E-state index in [4.69, 9.17) is 14.3 Å². The minimum Gasteiger partial charge on any atom is -0.569 e. The number of hydrazine groups is 1. The third-order valence-corrected chi connectivity index (χ3v) is 7.41. The first-order valence-electron chi connectivity index (χ1n) is 13.2. The molecule has 1 heterocycles. The summed E-state index contributed by atoms with van der Waals surface area (Å²) in [5.74, 6) is -1.12. The van der Waals surface area contributed by atoms with Gasteiger partial charge in [-0.15, -0.1) is 5.01 Å². The lowest BCUT2D eigenvalue weighted by atomic mass is 10.1. The van der Waals surface area contributed by atoms with Crippen LogP contribution in [0, 0.1) is 12.1 Å². The lowest BCUT2D eigenvalue weighted by Crippen LogP contribution is -2.47. The van der Waals surface area contributed by atoms with Crippen LogP contribution >= 0.6 is 0 Å². The average molecular weight is 657 g/mol. The molecule has 0 fully saturated rings. The number of ether oxygens (including phenoxy) is 2. The van der Waals surface area contributed by atoms with Gasteiger partial charge in [0.1, 0.15) is 0 Å². The van der Waals surface area contributed by atoms with Crippen molar-refractivity contribution in [3.8, 4) is 16.9 Å². The number of alkyl halides is 3. The second-order valence-corrected chi connectivity index (χ2v) is 11.6. The highest BCUT2D eigenvalue weighted by Gasteiger charge is 2.35. The highest BCUT2D eigenvalue weighted by atomic mass is 32.2. The zero-order valence-corrected chi connectivity index (χ0v) is 25.8. The molecule has 1 amide bonds. The Morgan fingerprint density at radius 3 is 2.20 bits per heavy atom. The molecule has 0 spiro atoms. The van der Waals surface area contributed by atoms with Gasteiger partial charge in [-0.25, -0.2) is 22.6 Å². The zero-order chi connectivity index (χ0) is 33.7. The summed E-state index contributed by atoms with van der Waals surface area (Å²) in [6.07, 6.45) is -7.58. The Kier molecular flexibility index (Phi) is 10.6. The Bertz CT molecular complexity index is 1640. The van der Waals surface area contributed by atoms with E-state index >= 15 is 0 Å². The van der Waals surface area contributed by atoms with Gasteiger partial charge in [0.25, 0.3) is 22.2 Å². The second-order valence-electron chi connectivity index (χ2n) is 9.95. The molecule has 18 heteroatoms. The number of benzene rings is 2. The monoisotopic (exact) mass is 656 g/mol. The molecule has 14 nitrogen and oxygen atoms in total. The van der Waals surface area contributed by atoms with E-state index < -0.39 is 52.4 Å². The highest BCUT2D eigenvalue weighted by Crippen LogP contribution is 2.33. The Morgan fingerprint density at radius 1 is 1.04 bits per heavy atom. The molecule has 0 radical (unpaired) electrons. The van der Waals surface area contributed by atoms with E-state index in [1.807, 2.05) is 11.6 Å². The smallest absolute Gasteiger partial charge is 0.511 e. The Labute approximate surface area is 256 Å². The van der Waals surface area contributed by atoms with E-state index in [0.29, 0.717) is 10.6 Å². The zero-order valence-electron chi connectivity index (χ0n) is 25.0. The van der Waals surface area contributed by atoms with Gasteiger partial charge >= 0.3 is 12.3 Å². The third kappa shape index (κ3) is 9.07. The van der Waals surface area contributed by atoms with E-state index in [1.54, 1.807) is 38.1 Å². The Morgan fingerprint density at radius 2 is 1.64 bits per heavy atom. The SMILES string of the molecule is Cc1ccc(-c2cc(C(F)(F)F)nn2-c2ccc(S(=O)(=O)NC(=O)[C@H](C)N(C)/[N+]([O-])=N/OC(C)OC(=O)OC(C)C)cc2)cc1. The average Bonchev–Trinajstić information content (AvgIpc) is 3.41. The largest absolute Gasteiger partial charge is 0.569 e. The van der Waals surface area contributed by atoms with Crippen LogP contribution in [0.25, 0.3) is 16.9 Å². The van der Waals surface area contributed by atoms with Crippen LogP contribution in [0.3, 0.4) is 0 Å². The number of hydrogen-bond acceptors (Lipinski definition) is 10. The number of hydrogen-bond donors (Lipinski definition) is 1. The van der Waals surface area contributed by atoms with Gasteiger partial charge in [-0.3, -0.25) is 9.63 Å². The lowest BCUT2D eigenvalue weighted by Gasteiger charge is -2.20. The molecular formula is C27H31F3N6O8S. The molecule has 0 aliphatic rings. The number of nitrogens with zero attached hydrogens (tertiary/aromatic N) is 5. The number of carbonyl (C=O) groups excluding carboxylic acids is 2. The first-order chi connectivity index (χ1) is 20.9. The van der Waals surface area contributed by atoms with Gasteiger partial charge in [-0.05, 0) is 58.0 Å². The first-order valence-corrected chi connectivity index (χ1v) is 14.7. The van der Waals surface area contributed by atoms with Crippen molar-refractivity contribution in [3.63, 3.8) is 0 Å². The van der Waals surface area contributed by atoms with Crippen molar-refractivity contribution in [1.82, 2.24) is 19.5 Å². The molecule has 1 N–H and O–H groups in total. The van der Waals surface area contributed by atoms with Gasteiger partial charge in [-0.2, -0.15) is 18.3 Å². The number of halogens is 3. The van der Waals surface area contributed by atoms with E-state index in [2.05, 4.69) is 10.4 Å². The number of aromatic nitrogens is 2. The molecule has 45 heavy (non-hydrogen) atoms. The number of sulfonamides is 1. The van der Waals surface area contributed by atoms with Crippen molar-refractivity contribution in [1.29, 1.82) is 0 Å². The quantitative estimate of drug-likeness (QED) is 0.100. The third-order valence-electron chi connectivity index (χ3n) is 6.04. The minimum absolute atomic E-state index is 0.121. The number of aryl methyl sites for hydroxylation is 1. The lowest BCUT2D eigenvalue weighted by molar-refractivity contribution is -0.711. The van der Waals surface area contributed by atoms with Crippen LogP contribution in [0.5, 0.6) is 0 Å². The van der Waals surface area contributed by atoms with Crippen LogP contribution < -0.4 is 4.72 Å². The number of amides is 1. The molecule has 0 saturated heterocycles. The highest BCUT2D eigenvalue weighted by molar-refractivity contribution is 7.90. The van der Waals surface area contributed by atoms with E-state index in [-0.39, 0.29) is 21.2 Å². The summed E-state index contributed by atoms with van der Waals surface area (Å²) >= 11 is 0. The van der Waals surface area contributed by atoms with Crippen molar-refractivity contribution in [2.45, 2.75) is 64.1 Å². The van der Waals surface area contributed by atoms with E-state index in [9.17, 15) is 36.4 Å². The van der Waals surface area contributed by atoms with Gasteiger partial charge in [0.2, 0.25) is 5.28 Å². The molecule has 0 aliphatic heterocycles. The van der Waals surface area contributed by atoms with E-state index in [1.165, 1.54) is 26.0 Å². The molecular weight excluding hydrogens is 625 g/mol. The minimum atomic E-state index is -4.73. The molecule has 1 aromatic heterocycles. The van der Waals surface area contributed by atoms with Gasteiger partial charge < -0.3 is 14.7 Å². The number of carbonyl (C=O) groups is 2. The van der Waals surface area contributed by atoms with Crippen molar-refractivity contribution in [3.05, 3.63) is 71.1 Å². The van der Waals surface area contributed by atoms with Crippen LogP contribution in [0.4, 0.5) is 18.0 Å². The van der Waals surface area contributed by atoms with Gasteiger partial charge in [0.05, 0.1) is 34.4 Å². The summed E-state index contributed by atoms with van der Waals surface area (Å²) in [6, 6.07) is 10.9. The van der Waals surface area contributed by atoms with Crippen LogP contribution in [0.1, 0.15) is 39.0 Å². The second kappa shape index (κ2) is 13.8. The van der Waals surface area contributed by atoms with Crippen molar-refractivity contribution in [2.24, 2.45) is 5.28 Å². The molecule has 0 aliphatic carbocycles. The van der Waals surface area contributed by atoms with Crippen LogP contribution in [0.2, 0.25) is 0 Å². The van der Waals surface area contributed by atoms with Crippen LogP contribution in [0.15, 0.2) is 64.8 Å². The summed E-state index contributed by atoms with van der Waals surface area (Å²) in [7, 11) is -3.37. The first kappa shape index (κ1) is 34.6. The number of nitrogens with one attached hydrogen (secondary N) is 1. The maximum atomic E-state index is 13.5. The van der Waals surface area contributed by atoms with Gasteiger partial charge in [-0.1, -0.05) is 29.8 Å². The normalized spacial score (nSPS) is 13.6. The number of rotatable bonds is 11. The van der Waals surface area contributed by atoms with Crippen molar-refractivity contribution in [2.75, 3.05) is 7.05 Å². The van der Waals surface area contributed by atoms with Crippen LogP contribution in [-0.4, -0.2) is 65.7 Å². The Hall–Kier alpha value is -4.87. The van der Waals surface area contributed by atoms with Gasteiger partial charge in [0, 0.05) is 12.5 Å². The molecule has 2 atom stereocenters. The predicted molar refractivity (Wildman–Crippen MR) is 151 cm³/mol. The molecule has 244 valence electrons. The summed E-state index contributed by atoms with van der Waals surface area (Å²) in [5, 5.41) is 19.8. The maximum absolute atomic E-state index is 13.5. The standard InChI is InChI=1S/C27H31F3N6O8S/c1-16(2)42-26(38)43-19(5)44-33-36(39)34(6)18(4)25(37)32-45(40,41)22-13-11-21(12-14-22)35-23(15-24(31-35)27(28,29)30)20-9-7-17(3)8-10-20/h7-16,18-19H,1-6H3,(H,32,37)/b36-33-/t18-,19?/m0/s1. The van der Waals surface area contributed by atoms with E-state index in [0.717, 1.165) is 35.5 Å². The molecule has 3 aromatic rings. The van der Waals surface area contributed by atoms with Crippen molar-refractivity contribution >= 4 is 22.1 Å². The van der Waals surface area contributed by atoms with Crippen molar-refractivity contribution < 1.29 is 50.5 Å².